The molecular weight excluding hydrogens is 288 g/mol. The fraction of sp³-hybridized carbons (Fsp3) is 0.600. The van der Waals surface area contributed by atoms with E-state index in [0.717, 1.165) is 19.0 Å². The summed E-state index contributed by atoms with van der Waals surface area (Å²) in [5, 5.41) is 3.68. The summed E-state index contributed by atoms with van der Waals surface area (Å²) < 4.78 is 1.20. The number of para-hydroxylation sites is 1. The van der Waals surface area contributed by atoms with Gasteiger partial charge in [-0.25, -0.2) is 0 Å². The van der Waals surface area contributed by atoms with Crippen LogP contribution in [0.15, 0.2) is 28.7 Å². The van der Waals surface area contributed by atoms with Crippen molar-refractivity contribution in [3.63, 3.8) is 0 Å². The van der Waals surface area contributed by atoms with Crippen molar-refractivity contribution in [2.75, 3.05) is 18.0 Å². The predicted molar refractivity (Wildman–Crippen MR) is 82.2 cm³/mol. The zero-order valence-corrected chi connectivity index (χ0v) is 13.1. The highest BCUT2D eigenvalue weighted by molar-refractivity contribution is 9.10. The van der Waals surface area contributed by atoms with Crippen LogP contribution < -0.4 is 10.2 Å². The van der Waals surface area contributed by atoms with Crippen molar-refractivity contribution in [3.05, 3.63) is 28.7 Å². The Morgan fingerprint density at radius 3 is 2.83 bits per heavy atom. The monoisotopic (exact) mass is 310 g/mol. The lowest BCUT2D eigenvalue weighted by Gasteiger charge is -2.42. The molecular formula is C15H23BrN2. The fourth-order valence-electron chi connectivity index (χ4n) is 2.57. The van der Waals surface area contributed by atoms with Crippen LogP contribution in [0.3, 0.4) is 0 Å². The molecule has 1 aromatic rings. The van der Waals surface area contributed by atoms with Crippen molar-refractivity contribution in [1.82, 2.24) is 5.32 Å². The number of nitrogens with one attached hydrogen (secondary N) is 1. The van der Waals surface area contributed by atoms with Crippen molar-refractivity contribution in [3.8, 4) is 0 Å². The summed E-state index contributed by atoms with van der Waals surface area (Å²) in [4.78, 5) is 2.53. The Labute approximate surface area is 119 Å². The van der Waals surface area contributed by atoms with Gasteiger partial charge in [0.2, 0.25) is 0 Å². The quantitative estimate of drug-likeness (QED) is 0.916. The van der Waals surface area contributed by atoms with Crippen molar-refractivity contribution < 1.29 is 0 Å². The lowest BCUT2D eigenvalue weighted by molar-refractivity contribution is 0.315. The van der Waals surface area contributed by atoms with E-state index in [4.69, 9.17) is 0 Å². The molecule has 1 aromatic carbocycles. The summed E-state index contributed by atoms with van der Waals surface area (Å²) in [6.45, 7) is 9.06. The van der Waals surface area contributed by atoms with Crippen molar-refractivity contribution in [2.45, 2.75) is 39.3 Å². The van der Waals surface area contributed by atoms with Gasteiger partial charge in [0, 0.05) is 29.6 Å². The Morgan fingerprint density at radius 1 is 1.44 bits per heavy atom. The Kier molecular flexibility index (Phi) is 4.68. The zero-order chi connectivity index (χ0) is 13.1. The molecule has 1 heterocycles. The van der Waals surface area contributed by atoms with Gasteiger partial charge in [0.05, 0.1) is 5.69 Å². The number of benzene rings is 1. The molecule has 0 aromatic heterocycles. The van der Waals surface area contributed by atoms with Crippen LogP contribution >= 0.6 is 15.9 Å². The normalized spacial score (nSPS) is 26.1. The molecule has 0 bridgehead atoms. The fourth-order valence-corrected chi connectivity index (χ4v) is 3.09. The van der Waals surface area contributed by atoms with E-state index in [1.54, 1.807) is 0 Å². The molecule has 0 spiro atoms. The van der Waals surface area contributed by atoms with Crippen molar-refractivity contribution in [1.29, 1.82) is 0 Å². The summed E-state index contributed by atoms with van der Waals surface area (Å²) in [5.41, 5.74) is 1.32. The highest BCUT2D eigenvalue weighted by atomic mass is 79.9. The van der Waals surface area contributed by atoms with Crippen molar-refractivity contribution in [2.24, 2.45) is 5.92 Å². The first-order valence-corrected chi connectivity index (χ1v) is 7.67. The van der Waals surface area contributed by atoms with Gasteiger partial charge >= 0.3 is 0 Å². The minimum Gasteiger partial charge on any atom is -0.365 e. The number of anilines is 1. The minimum absolute atomic E-state index is 0.545. The summed E-state index contributed by atoms with van der Waals surface area (Å²) in [5.74, 6) is 0.725. The molecule has 2 nitrogen and oxygen atoms in total. The van der Waals surface area contributed by atoms with Crippen LogP contribution in [0, 0.1) is 5.92 Å². The molecule has 3 heteroatoms. The van der Waals surface area contributed by atoms with Gasteiger partial charge in [-0.15, -0.1) is 0 Å². The van der Waals surface area contributed by atoms with E-state index in [1.165, 1.54) is 16.6 Å². The van der Waals surface area contributed by atoms with Crippen LogP contribution in [0.4, 0.5) is 5.69 Å². The van der Waals surface area contributed by atoms with E-state index < -0.39 is 0 Å². The third kappa shape index (κ3) is 2.89. The van der Waals surface area contributed by atoms with Gasteiger partial charge in [0.1, 0.15) is 0 Å². The number of hydrogen-bond acceptors (Lipinski definition) is 2. The number of nitrogens with zero attached hydrogens (tertiary/aromatic N) is 1. The SMILES string of the molecule is CCC(C)C1CN(c2ccccc2Br)C(C)CN1. The largest absolute Gasteiger partial charge is 0.365 e. The van der Waals surface area contributed by atoms with E-state index >= 15 is 0 Å². The summed E-state index contributed by atoms with van der Waals surface area (Å²) >= 11 is 3.67. The van der Waals surface area contributed by atoms with E-state index in [9.17, 15) is 0 Å². The van der Waals surface area contributed by atoms with Gasteiger partial charge in [-0.2, -0.15) is 0 Å². The van der Waals surface area contributed by atoms with Crippen LogP contribution in [0.1, 0.15) is 27.2 Å². The standard InChI is InChI=1S/C15H23BrN2/c1-4-11(2)14-10-18(12(3)9-17-14)15-8-6-5-7-13(15)16/h5-8,11-12,14,17H,4,9-10H2,1-3H3. The third-order valence-corrected chi connectivity index (χ3v) is 4.76. The molecule has 0 saturated carbocycles. The van der Waals surface area contributed by atoms with E-state index in [-0.39, 0.29) is 0 Å². The number of rotatable bonds is 3. The van der Waals surface area contributed by atoms with Gasteiger partial charge in [-0.3, -0.25) is 0 Å². The Balaban J connectivity index is 2.18. The second-order valence-electron chi connectivity index (χ2n) is 5.35. The molecule has 0 radical (unpaired) electrons. The lowest BCUT2D eigenvalue weighted by Crippen LogP contribution is -2.57. The minimum atomic E-state index is 0.545. The first kappa shape index (κ1) is 13.9. The molecule has 1 fully saturated rings. The first-order chi connectivity index (χ1) is 8.63. The number of piperazine rings is 1. The van der Waals surface area contributed by atoms with Gasteiger partial charge in [0.25, 0.3) is 0 Å². The predicted octanol–water partition coefficient (Wildman–Crippen LogP) is 3.66. The van der Waals surface area contributed by atoms with Crippen LogP contribution in [0.25, 0.3) is 0 Å². The second-order valence-corrected chi connectivity index (χ2v) is 6.21. The maximum Gasteiger partial charge on any atom is 0.0514 e. The zero-order valence-electron chi connectivity index (χ0n) is 11.5. The highest BCUT2D eigenvalue weighted by Crippen LogP contribution is 2.29. The topological polar surface area (TPSA) is 15.3 Å². The maximum absolute atomic E-state index is 3.68. The molecule has 2 rings (SSSR count). The highest BCUT2D eigenvalue weighted by Gasteiger charge is 2.28. The Morgan fingerprint density at radius 2 is 2.17 bits per heavy atom. The third-order valence-electron chi connectivity index (χ3n) is 4.09. The molecule has 1 saturated heterocycles. The van der Waals surface area contributed by atoms with Crippen molar-refractivity contribution >= 4 is 21.6 Å². The Hall–Kier alpha value is -0.540. The summed E-state index contributed by atoms with van der Waals surface area (Å²) in [6.07, 6.45) is 1.23. The average molecular weight is 311 g/mol. The summed E-state index contributed by atoms with van der Waals surface area (Å²) in [6, 6.07) is 9.67. The molecule has 3 unspecified atom stereocenters. The van der Waals surface area contributed by atoms with Gasteiger partial charge in [0.15, 0.2) is 0 Å². The lowest BCUT2D eigenvalue weighted by atomic mass is 9.95. The van der Waals surface area contributed by atoms with E-state index in [1.807, 2.05) is 0 Å². The van der Waals surface area contributed by atoms with Gasteiger partial charge < -0.3 is 10.2 Å². The van der Waals surface area contributed by atoms with Crippen LogP contribution in [-0.2, 0) is 0 Å². The molecule has 1 aliphatic heterocycles. The van der Waals surface area contributed by atoms with Crippen LogP contribution in [-0.4, -0.2) is 25.2 Å². The number of hydrogen-bond donors (Lipinski definition) is 1. The second kappa shape index (κ2) is 6.07. The summed E-state index contributed by atoms with van der Waals surface area (Å²) in [7, 11) is 0. The van der Waals surface area contributed by atoms with Gasteiger partial charge in [-0.1, -0.05) is 32.4 Å². The molecule has 100 valence electrons. The molecule has 3 atom stereocenters. The number of halogens is 1. The van der Waals surface area contributed by atoms with Crippen LogP contribution in [0.2, 0.25) is 0 Å². The molecule has 1 aliphatic rings. The molecule has 0 aliphatic carbocycles. The van der Waals surface area contributed by atoms with E-state index in [0.29, 0.717) is 12.1 Å². The Bertz CT molecular complexity index is 394. The van der Waals surface area contributed by atoms with E-state index in [2.05, 4.69) is 71.2 Å². The average Bonchev–Trinajstić information content (AvgIpc) is 2.39. The molecule has 1 N–H and O–H groups in total. The van der Waals surface area contributed by atoms with Gasteiger partial charge in [-0.05, 0) is 40.9 Å². The molecule has 18 heavy (non-hydrogen) atoms. The first-order valence-electron chi connectivity index (χ1n) is 6.88. The maximum atomic E-state index is 3.68. The van der Waals surface area contributed by atoms with Crippen LogP contribution in [0.5, 0.6) is 0 Å². The molecule has 0 amide bonds. The smallest absolute Gasteiger partial charge is 0.0514 e.